The van der Waals surface area contributed by atoms with E-state index in [1.807, 2.05) is 0 Å². The Morgan fingerprint density at radius 1 is 1.08 bits per heavy atom. The number of nitrogens with zero attached hydrogens (tertiary/aromatic N) is 6. The Labute approximate surface area is 149 Å². The Hall–Kier alpha value is -2.69. The van der Waals surface area contributed by atoms with Gasteiger partial charge >= 0.3 is 6.18 Å². The number of hydrogen-bond donors (Lipinski definition) is 1. The third-order valence-corrected chi connectivity index (χ3v) is 4.93. The van der Waals surface area contributed by atoms with E-state index >= 15 is 0 Å². The van der Waals surface area contributed by atoms with Gasteiger partial charge in [0.05, 0.1) is 0 Å². The lowest BCUT2D eigenvalue weighted by Crippen LogP contribution is -2.21. The molecule has 134 valence electrons. The number of aromatic nitrogens is 6. The number of pyridine rings is 1. The number of rotatable bonds is 3. The minimum absolute atomic E-state index is 0.0780. The molecule has 0 amide bonds. The van der Waals surface area contributed by atoms with Crippen LogP contribution in [0.2, 0.25) is 0 Å². The molecule has 0 atom stereocenters. The van der Waals surface area contributed by atoms with Gasteiger partial charge in [-0.3, -0.25) is 4.98 Å². The van der Waals surface area contributed by atoms with Crippen LogP contribution in [0, 0.1) is 0 Å². The molecule has 0 saturated carbocycles. The minimum atomic E-state index is -4.67. The number of nitrogen functional groups attached to an aromatic ring is 1. The first-order valence-electron chi connectivity index (χ1n) is 7.69. The van der Waals surface area contributed by atoms with Gasteiger partial charge < -0.3 is 5.84 Å². The van der Waals surface area contributed by atoms with Crippen LogP contribution < -0.4 is 5.84 Å². The fourth-order valence-electron chi connectivity index (χ4n) is 2.74. The molecule has 1 aliphatic carbocycles. The summed E-state index contributed by atoms with van der Waals surface area (Å²) in [5, 5.41) is 7.18. The molecule has 0 fully saturated rings. The molecule has 0 radical (unpaired) electrons. The number of fused-ring (bicyclic) bond motifs is 1. The van der Waals surface area contributed by atoms with Crippen LogP contribution in [0.25, 0.3) is 11.4 Å². The number of halogens is 3. The predicted molar refractivity (Wildman–Crippen MR) is 86.6 cm³/mol. The van der Waals surface area contributed by atoms with Crippen molar-refractivity contribution in [1.82, 2.24) is 29.8 Å². The maximum absolute atomic E-state index is 12.9. The Bertz CT molecular complexity index is 956. The molecule has 3 heterocycles. The van der Waals surface area contributed by atoms with Crippen molar-refractivity contribution in [2.24, 2.45) is 0 Å². The summed E-state index contributed by atoms with van der Waals surface area (Å²) >= 11 is 0.963. The van der Waals surface area contributed by atoms with Crippen molar-refractivity contribution in [3.63, 3.8) is 0 Å². The van der Waals surface area contributed by atoms with Gasteiger partial charge in [-0.05, 0) is 43.2 Å². The van der Waals surface area contributed by atoms with Gasteiger partial charge in [-0.25, -0.2) is 14.6 Å². The van der Waals surface area contributed by atoms with E-state index in [0.29, 0.717) is 15.5 Å². The molecule has 0 aromatic carbocycles. The van der Waals surface area contributed by atoms with Crippen molar-refractivity contribution < 1.29 is 13.2 Å². The van der Waals surface area contributed by atoms with Crippen LogP contribution in [-0.2, 0) is 19.0 Å². The Morgan fingerprint density at radius 3 is 2.54 bits per heavy atom. The molecule has 0 unspecified atom stereocenters. The number of hydrogen-bond acceptors (Lipinski definition) is 7. The van der Waals surface area contributed by atoms with Gasteiger partial charge in [0.15, 0.2) is 5.82 Å². The van der Waals surface area contributed by atoms with Crippen LogP contribution in [0.5, 0.6) is 0 Å². The van der Waals surface area contributed by atoms with Crippen molar-refractivity contribution in [3.05, 3.63) is 41.6 Å². The minimum Gasteiger partial charge on any atom is -0.335 e. The highest BCUT2D eigenvalue weighted by Crippen LogP contribution is 2.36. The second-order valence-corrected chi connectivity index (χ2v) is 6.60. The Balaban J connectivity index is 1.75. The van der Waals surface area contributed by atoms with Gasteiger partial charge in [0, 0.05) is 29.2 Å². The molecule has 26 heavy (non-hydrogen) atoms. The molecule has 0 bridgehead atoms. The predicted octanol–water partition coefficient (Wildman–Crippen LogP) is 2.50. The van der Waals surface area contributed by atoms with Crippen LogP contribution in [-0.4, -0.2) is 29.8 Å². The monoisotopic (exact) mass is 379 g/mol. The standard InChI is InChI=1S/C15H12F3N7S/c16-15(17,18)13-23-24-14(25(13)19)26-12-9-2-1-3-10(9)21-11(22-12)8-4-6-20-7-5-8/h4-7H,1-3,19H2. The van der Waals surface area contributed by atoms with Gasteiger partial charge in [-0.2, -0.15) is 13.2 Å². The lowest BCUT2D eigenvalue weighted by Gasteiger charge is -2.10. The van der Waals surface area contributed by atoms with Crippen molar-refractivity contribution in [3.8, 4) is 11.4 Å². The van der Waals surface area contributed by atoms with E-state index in [1.54, 1.807) is 24.5 Å². The largest absolute Gasteiger partial charge is 0.453 e. The molecule has 4 rings (SSSR count). The van der Waals surface area contributed by atoms with E-state index in [1.165, 1.54) is 0 Å². The smallest absolute Gasteiger partial charge is 0.335 e. The molecule has 11 heteroatoms. The number of nitrogens with two attached hydrogens (primary N) is 1. The van der Waals surface area contributed by atoms with Crippen LogP contribution >= 0.6 is 11.8 Å². The molecule has 7 nitrogen and oxygen atoms in total. The molecule has 3 aromatic rings. The second-order valence-electron chi connectivity index (χ2n) is 5.64. The Kier molecular flexibility index (Phi) is 4.02. The van der Waals surface area contributed by atoms with E-state index < -0.39 is 12.0 Å². The fraction of sp³-hybridized carbons (Fsp3) is 0.267. The maximum Gasteiger partial charge on any atom is 0.453 e. The third-order valence-electron chi connectivity index (χ3n) is 3.94. The van der Waals surface area contributed by atoms with Gasteiger partial charge in [-0.1, -0.05) is 0 Å². The normalized spacial score (nSPS) is 13.8. The van der Waals surface area contributed by atoms with E-state index in [-0.39, 0.29) is 5.16 Å². The highest BCUT2D eigenvalue weighted by Gasteiger charge is 2.38. The number of alkyl halides is 3. The lowest BCUT2D eigenvalue weighted by atomic mass is 10.2. The van der Waals surface area contributed by atoms with Crippen molar-refractivity contribution in [2.75, 3.05) is 5.84 Å². The average Bonchev–Trinajstić information content (AvgIpc) is 3.22. The quantitative estimate of drug-likeness (QED) is 0.552. The van der Waals surface area contributed by atoms with E-state index in [4.69, 9.17) is 5.84 Å². The molecule has 0 saturated heterocycles. The highest BCUT2D eigenvalue weighted by molar-refractivity contribution is 7.99. The van der Waals surface area contributed by atoms with Crippen molar-refractivity contribution in [1.29, 1.82) is 0 Å². The fourth-order valence-corrected chi connectivity index (χ4v) is 3.65. The molecular formula is C15H12F3N7S. The first kappa shape index (κ1) is 16.8. The summed E-state index contributed by atoms with van der Waals surface area (Å²) in [4.78, 5) is 13.1. The SMILES string of the molecule is Nn1c(Sc2nc(-c3ccncc3)nc3c2CCC3)nnc1C(F)(F)F. The summed E-state index contributed by atoms with van der Waals surface area (Å²) < 4.78 is 39.0. The van der Waals surface area contributed by atoms with E-state index in [2.05, 4.69) is 25.1 Å². The molecule has 0 spiro atoms. The van der Waals surface area contributed by atoms with Crippen LogP contribution in [0.1, 0.15) is 23.5 Å². The first-order valence-corrected chi connectivity index (χ1v) is 8.51. The van der Waals surface area contributed by atoms with Crippen molar-refractivity contribution >= 4 is 11.8 Å². The summed E-state index contributed by atoms with van der Waals surface area (Å²) in [6, 6.07) is 3.55. The van der Waals surface area contributed by atoms with Crippen LogP contribution in [0.15, 0.2) is 34.7 Å². The molecule has 2 N–H and O–H groups in total. The van der Waals surface area contributed by atoms with Crippen LogP contribution in [0.4, 0.5) is 13.2 Å². The van der Waals surface area contributed by atoms with Gasteiger partial charge in [0.1, 0.15) is 5.03 Å². The molecule has 1 aliphatic rings. The van der Waals surface area contributed by atoms with Gasteiger partial charge in [0.2, 0.25) is 5.16 Å². The second kappa shape index (κ2) is 6.24. The van der Waals surface area contributed by atoms with Crippen LogP contribution in [0.3, 0.4) is 0 Å². The van der Waals surface area contributed by atoms with E-state index in [0.717, 1.165) is 47.8 Å². The summed E-state index contributed by atoms with van der Waals surface area (Å²) in [7, 11) is 0. The molecule has 0 aliphatic heterocycles. The lowest BCUT2D eigenvalue weighted by molar-refractivity contribution is -0.146. The summed E-state index contributed by atoms with van der Waals surface area (Å²) in [6.45, 7) is 0. The zero-order valence-electron chi connectivity index (χ0n) is 13.2. The third kappa shape index (κ3) is 2.98. The molecule has 3 aromatic heterocycles. The molecular weight excluding hydrogens is 367 g/mol. The zero-order chi connectivity index (χ0) is 18.3. The van der Waals surface area contributed by atoms with Gasteiger partial charge in [0.25, 0.3) is 5.82 Å². The summed E-state index contributed by atoms with van der Waals surface area (Å²) in [5.41, 5.74) is 2.60. The number of aryl methyl sites for hydroxylation is 1. The maximum atomic E-state index is 12.9. The van der Waals surface area contributed by atoms with Crippen molar-refractivity contribution in [2.45, 2.75) is 35.6 Å². The first-order chi connectivity index (χ1) is 12.4. The highest BCUT2D eigenvalue weighted by atomic mass is 32.2. The van der Waals surface area contributed by atoms with Gasteiger partial charge in [-0.15, -0.1) is 10.2 Å². The summed E-state index contributed by atoms with van der Waals surface area (Å²) in [5.74, 6) is 4.78. The summed E-state index contributed by atoms with van der Waals surface area (Å²) in [6.07, 6.45) is 1.07. The average molecular weight is 379 g/mol. The van der Waals surface area contributed by atoms with E-state index in [9.17, 15) is 13.2 Å². The zero-order valence-corrected chi connectivity index (χ0v) is 14.0. The topological polar surface area (TPSA) is 95.4 Å². The Morgan fingerprint density at radius 2 is 1.85 bits per heavy atom.